The number of hydrogen-bond acceptors (Lipinski definition) is 5. The molecule has 3 aromatic rings. The first kappa shape index (κ1) is 22.2. The summed E-state index contributed by atoms with van der Waals surface area (Å²) in [5, 5.41) is 26.1. The molecule has 0 radical (unpaired) electrons. The predicted octanol–water partition coefficient (Wildman–Crippen LogP) is 3.89. The first-order valence-electron chi connectivity index (χ1n) is 12.4. The largest absolute Gasteiger partial charge is 0.390 e. The number of rotatable bonds is 7. The van der Waals surface area contributed by atoms with Crippen molar-refractivity contribution in [3.05, 3.63) is 77.4 Å². The van der Waals surface area contributed by atoms with Crippen LogP contribution >= 0.6 is 0 Å². The average Bonchev–Trinajstić information content (AvgIpc) is 3.24. The molecule has 2 aromatic carbocycles. The van der Waals surface area contributed by atoms with Crippen molar-refractivity contribution in [2.45, 2.75) is 62.8 Å². The number of aliphatic hydroxyl groups is 1. The summed E-state index contributed by atoms with van der Waals surface area (Å²) in [5.74, 6) is 0.662. The summed E-state index contributed by atoms with van der Waals surface area (Å²) in [6.45, 7) is 0.886. The highest BCUT2D eigenvalue weighted by Crippen LogP contribution is 2.57. The second-order valence-electron chi connectivity index (χ2n) is 10.8. The van der Waals surface area contributed by atoms with Crippen molar-refractivity contribution in [2.24, 2.45) is 11.8 Å². The molecule has 35 heavy (non-hydrogen) atoms. The van der Waals surface area contributed by atoms with Crippen molar-refractivity contribution < 1.29 is 14.3 Å². The molecule has 2 unspecified atom stereocenters. The summed E-state index contributed by atoms with van der Waals surface area (Å²) in [7, 11) is 0. The third kappa shape index (κ3) is 4.55. The molecule has 2 atom stereocenters. The molecule has 1 aromatic heterocycles. The molecule has 1 amide bonds. The first-order chi connectivity index (χ1) is 16.9. The van der Waals surface area contributed by atoms with Crippen molar-refractivity contribution in [2.75, 3.05) is 5.32 Å². The maximum absolute atomic E-state index is 13.5. The van der Waals surface area contributed by atoms with Gasteiger partial charge in [-0.3, -0.25) is 4.79 Å². The van der Waals surface area contributed by atoms with Crippen LogP contribution in [-0.2, 0) is 13.1 Å². The van der Waals surface area contributed by atoms with Crippen molar-refractivity contribution in [3.8, 4) is 0 Å². The minimum Gasteiger partial charge on any atom is -0.390 e. The van der Waals surface area contributed by atoms with Crippen LogP contribution in [0.2, 0.25) is 0 Å². The van der Waals surface area contributed by atoms with E-state index in [1.807, 2.05) is 30.5 Å². The number of nitrogens with zero attached hydrogens (tertiary/aromatic N) is 3. The van der Waals surface area contributed by atoms with Crippen molar-refractivity contribution >= 4 is 11.6 Å². The van der Waals surface area contributed by atoms with Crippen LogP contribution in [-0.4, -0.2) is 37.1 Å². The number of carbonyl (C=O) groups excluding carboxylic acids is 1. The minimum atomic E-state index is -0.615. The molecule has 0 aliphatic heterocycles. The van der Waals surface area contributed by atoms with Crippen LogP contribution in [0.4, 0.5) is 10.1 Å². The third-order valence-electron chi connectivity index (χ3n) is 7.91. The molecule has 7 nitrogen and oxygen atoms in total. The molecule has 4 saturated carbocycles. The number of nitrogens with one attached hydrogen (secondary N) is 2. The maximum atomic E-state index is 13.5. The molecule has 182 valence electrons. The number of aromatic nitrogens is 3. The summed E-state index contributed by atoms with van der Waals surface area (Å²) in [4.78, 5) is 13.5. The molecule has 3 N–H and O–H groups in total. The molecule has 0 saturated heterocycles. The van der Waals surface area contributed by atoms with Crippen LogP contribution in [0.25, 0.3) is 0 Å². The maximum Gasteiger partial charge on any atom is 0.252 e. The Morgan fingerprint density at radius 2 is 1.83 bits per heavy atom. The Morgan fingerprint density at radius 3 is 2.57 bits per heavy atom. The van der Waals surface area contributed by atoms with Gasteiger partial charge in [-0.2, -0.15) is 0 Å². The molecule has 8 heteroatoms. The van der Waals surface area contributed by atoms with Gasteiger partial charge in [0, 0.05) is 16.8 Å². The van der Waals surface area contributed by atoms with E-state index in [0.29, 0.717) is 36.9 Å². The van der Waals surface area contributed by atoms with E-state index in [1.165, 1.54) is 18.6 Å². The van der Waals surface area contributed by atoms with Gasteiger partial charge < -0.3 is 15.7 Å². The molecule has 4 aliphatic rings. The number of carbonyl (C=O) groups is 1. The summed E-state index contributed by atoms with van der Waals surface area (Å²) in [6, 6.07) is 13.8. The van der Waals surface area contributed by atoms with Crippen LogP contribution in [0.15, 0.2) is 54.7 Å². The fraction of sp³-hybridized carbons (Fsp3) is 0.444. The van der Waals surface area contributed by atoms with Crippen molar-refractivity contribution in [1.82, 2.24) is 20.3 Å². The number of hydrogen-bond donors (Lipinski definition) is 3. The van der Waals surface area contributed by atoms with Crippen LogP contribution < -0.4 is 10.6 Å². The number of benzene rings is 2. The zero-order valence-electron chi connectivity index (χ0n) is 19.6. The number of halogens is 1. The lowest BCUT2D eigenvalue weighted by molar-refractivity contribution is -0.139. The van der Waals surface area contributed by atoms with Gasteiger partial charge in [0.15, 0.2) is 0 Å². The van der Waals surface area contributed by atoms with Gasteiger partial charge in [0.25, 0.3) is 5.91 Å². The Bertz CT molecular complexity index is 1230. The standard InChI is InChI=1S/C27H30FN5O2/c28-21-5-7-22(8-6-21)29-14-23-16-33(32-31-23)15-20-3-1-2-4-24(20)25(34)30-26-10-18-9-19(11-26)13-27(35,12-18)17-26/h1-8,16,18-19,29,35H,9-15,17H2,(H,30,34). The molecule has 4 fully saturated rings. The highest BCUT2D eigenvalue weighted by molar-refractivity contribution is 5.96. The molecular formula is C27H30FN5O2. The Morgan fingerprint density at radius 1 is 1.09 bits per heavy atom. The highest BCUT2D eigenvalue weighted by atomic mass is 19.1. The lowest BCUT2D eigenvalue weighted by atomic mass is 9.51. The zero-order valence-corrected chi connectivity index (χ0v) is 19.6. The Kier molecular flexibility index (Phi) is 5.36. The van der Waals surface area contributed by atoms with Gasteiger partial charge in [0.1, 0.15) is 11.5 Å². The molecule has 4 bridgehead atoms. The lowest BCUT2D eigenvalue weighted by Crippen LogP contribution is -2.65. The van der Waals surface area contributed by atoms with Gasteiger partial charge in [-0.25, -0.2) is 9.07 Å². The second kappa shape index (κ2) is 8.45. The summed E-state index contributed by atoms with van der Waals surface area (Å²) in [5.41, 5.74) is 2.15. The lowest BCUT2D eigenvalue weighted by Gasteiger charge is -2.60. The first-order valence-corrected chi connectivity index (χ1v) is 12.4. The highest BCUT2D eigenvalue weighted by Gasteiger charge is 2.57. The van der Waals surface area contributed by atoms with Crippen LogP contribution in [0.5, 0.6) is 0 Å². The fourth-order valence-electron chi connectivity index (χ4n) is 6.98. The topological polar surface area (TPSA) is 92.1 Å². The predicted molar refractivity (Wildman–Crippen MR) is 129 cm³/mol. The summed E-state index contributed by atoms with van der Waals surface area (Å²) < 4.78 is 14.8. The number of anilines is 1. The van der Waals surface area contributed by atoms with E-state index in [2.05, 4.69) is 20.9 Å². The van der Waals surface area contributed by atoms with Gasteiger partial charge >= 0.3 is 0 Å². The molecule has 1 heterocycles. The van der Waals surface area contributed by atoms with Crippen molar-refractivity contribution in [1.29, 1.82) is 0 Å². The molecule has 0 spiro atoms. The monoisotopic (exact) mass is 475 g/mol. The molecule has 7 rings (SSSR count). The van der Waals surface area contributed by atoms with E-state index in [4.69, 9.17) is 0 Å². The van der Waals surface area contributed by atoms with Gasteiger partial charge in [-0.1, -0.05) is 23.4 Å². The zero-order chi connectivity index (χ0) is 24.0. The second-order valence-corrected chi connectivity index (χ2v) is 10.8. The van der Waals surface area contributed by atoms with Gasteiger partial charge in [-0.15, -0.1) is 5.10 Å². The molecular weight excluding hydrogens is 445 g/mol. The van der Waals surface area contributed by atoms with E-state index in [-0.39, 0.29) is 17.3 Å². The Hall–Kier alpha value is -3.26. The van der Waals surface area contributed by atoms with E-state index >= 15 is 0 Å². The minimum absolute atomic E-state index is 0.0792. The van der Waals surface area contributed by atoms with Crippen molar-refractivity contribution in [3.63, 3.8) is 0 Å². The Balaban J connectivity index is 1.14. The average molecular weight is 476 g/mol. The smallest absolute Gasteiger partial charge is 0.252 e. The Labute approximate surface area is 203 Å². The van der Waals surface area contributed by atoms with Gasteiger partial charge in [0.2, 0.25) is 0 Å². The van der Waals surface area contributed by atoms with Crippen LogP contribution in [0.3, 0.4) is 0 Å². The van der Waals surface area contributed by atoms with Gasteiger partial charge in [-0.05, 0) is 86.3 Å². The van der Waals surface area contributed by atoms with Crippen LogP contribution in [0, 0.1) is 17.7 Å². The quantitative estimate of drug-likeness (QED) is 0.482. The van der Waals surface area contributed by atoms with E-state index in [9.17, 15) is 14.3 Å². The normalized spacial score (nSPS) is 28.7. The van der Waals surface area contributed by atoms with E-state index in [0.717, 1.165) is 42.6 Å². The van der Waals surface area contributed by atoms with E-state index in [1.54, 1.807) is 16.8 Å². The van der Waals surface area contributed by atoms with E-state index < -0.39 is 5.60 Å². The third-order valence-corrected chi connectivity index (χ3v) is 7.91. The summed E-state index contributed by atoms with van der Waals surface area (Å²) >= 11 is 0. The van der Waals surface area contributed by atoms with Crippen LogP contribution in [0.1, 0.15) is 60.1 Å². The van der Waals surface area contributed by atoms with Gasteiger partial charge in [0.05, 0.1) is 24.9 Å². The SMILES string of the molecule is O=C(NC12CC3CC(CC(O)(C3)C1)C2)c1ccccc1Cn1cc(CNc2ccc(F)cc2)nn1. The fourth-order valence-corrected chi connectivity index (χ4v) is 6.98. The molecule has 4 aliphatic carbocycles. The number of amides is 1. The summed E-state index contributed by atoms with van der Waals surface area (Å²) in [6.07, 6.45) is 7.38.